The summed E-state index contributed by atoms with van der Waals surface area (Å²) in [5.74, 6) is -0.0000380. The Kier molecular flexibility index (Phi) is 5.46. The van der Waals surface area contributed by atoms with Crippen LogP contribution in [0.15, 0.2) is 54.6 Å². The van der Waals surface area contributed by atoms with Crippen molar-refractivity contribution in [2.75, 3.05) is 18.4 Å². The first kappa shape index (κ1) is 17.2. The molecule has 1 saturated heterocycles. The van der Waals surface area contributed by atoms with Crippen LogP contribution in [-0.2, 0) is 11.3 Å². The maximum Gasteiger partial charge on any atom is 0.253 e. The largest absolute Gasteiger partial charge is 0.339 e. The summed E-state index contributed by atoms with van der Waals surface area (Å²) in [7, 11) is 0. The second-order valence-electron chi connectivity index (χ2n) is 6.32. The number of hydrogen-bond acceptors (Lipinski definition) is 3. The molecule has 0 radical (unpaired) electrons. The highest BCUT2D eigenvalue weighted by Gasteiger charge is 2.27. The lowest BCUT2D eigenvalue weighted by molar-refractivity contribution is -0.121. The molecule has 0 aromatic heterocycles. The van der Waals surface area contributed by atoms with Crippen molar-refractivity contribution < 1.29 is 9.59 Å². The van der Waals surface area contributed by atoms with Gasteiger partial charge in [-0.3, -0.25) is 9.59 Å². The fraction of sp³-hybridized carbons (Fsp3) is 0.300. The predicted molar refractivity (Wildman–Crippen MR) is 98.0 cm³/mol. The SMILES string of the molecule is NCc1ccc(C(=O)N2CCC(C(=O)Nc3ccccc3)CC2)cc1. The molecule has 3 N–H and O–H groups in total. The predicted octanol–water partition coefficient (Wildman–Crippen LogP) is 2.64. The van der Waals surface area contributed by atoms with E-state index in [1.165, 1.54) is 0 Å². The summed E-state index contributed by atoms with van der Waals surface area (Å²) < 4.78 is 0. The molecular formula is C20H23N3O2. The minimum atomic E-state index is -0.0520. The molecule has 25 heavy (non-hydrogen) atoms. The molecular weight excluding hydrogens is 314 g/mol. The van der Waals surface area contributed by atoms with E-state index in [1.807, 2.05) is 59.5 Å². The zero-order valence-corrected chi connectivity index (χ0v) is 14.2. The number of likely N-dealkylation sites (tertiary alicyclic amines) is 1. The molecule has 5 nitrogen and oxygen atoms in total. The van der Waals surface area contributed by atoms with Gasteiger partial charge in [0.15, 0.2) is 0 Å². The Morgan fingerprint density at radius 3 is 2.24 bits per heavy atom. The first-order valence-corrected chi connectivity index (χ1v) is 8.61. The molecule has 0 unspecified atom stereocenters. The fourth-order valence-electron chi connectivity index (χ4n) is 3.08. The first-order valence-electron chi connectivity index (χ1n) is 8.61. The van der Waals surface area contributed by atoms with Gasteiger partial charge in [0.25, 0.3) is 5.91 Å². The summed E-state index contributed by atoms with van der Waals surface area (Å²) in [6.45, 7) is 1.67. The lowest BCUT2D eigenvalue weighted by Crippen LogP contribution is -2.41. The molecule has 2 aromatic rings. The van der Waals surface area contributed by atoms with E-state index in [0.29, 0.717) is 38.0 Å². The Bertz CT molecular complexity index is 720. The zero-order valence-electron chi connectivity index (χ0n) is 14.2. The van der Waals surface area contributed by atoms with Crippen molar-refractivity contribution in [1.29, 1.82) is 0 Å². The van der Waals surface area contributed by atoms with Crippen molar-refractivity contribution in [3.63, 3.8) is 0 Å². The van der Waals surface area contributed by atoms with Gasteiger partial charge in [-0.1, -0.05) is 30.3 Å². The van der Waals surface area contributed by atoms with E-state index in [9.17, 15) is 9.59 Å². The summed E-state index contributed by atoms with van der Waals surface area (Å²) in [5.41, 5.74) is 8.07. The Labute approximate surface area is 147 Å². The van der Waals surface area contributed by atoms with Crippen LogP contribution in [-0.4, -0.2) is 29.8 Å². The third-order valence-corrected chi connectivity index (χ3v) is 4.63. The average molecular weight is 337 g/mol. The number of piperidine rings is 1. The number of nitrogens with one attached hydrogen (secondary N) is 1. The number of rotatable bonds is 4. The lowest BCUT2D eigenvalue weighted by atomic mass is 9.95. The maximum absolute atomic E-state index is 12.6. The van der Waals surface area contributed by atoms with Crippen molar-refractivity contribution in [2.45, 2.75) is 19.4 Å². The number of anilines is 1. The van der Waals surface area contributed by atoms with E-state index in [-0.39, 0.29) is 17.7 Å². The number of nitrogens with zero attached hydrogens (tertiary/aromatic N) is 1. The van der Waals surface area contributed by atoms with Gasteiger partial charge in [0.05, 0.1) is 0 Å². The molecule has 0 spiro atoms. The van der Waals surface area contributed by atoms with Crippen LogP contribution < -0.4 is 11.1 Å². The molecule has 130 valence electrons. The standard InChI is InChI=1S/C20H23N3O2/c21-14-15-6-8-17(9-7-15)20(25)23-12-10-16(11-13-23)19(24)22-18-4-2-1-3-5-18/h1-9,16H,10-14,21H2,(H,22,24). The third-order valence-electron chi connectivity index (χ3n) is 4.63. The molecule has 0 aliphatic carbocycles. The van der Waals surface area contributed by atoms with Gasteiger partial charge in [-0.15, -0.1) is 0 Å². The van der Waals surface area contributed by atoms with Gasteiger partial charge in [-0.25, -0.2) is 0 Å². The molecule has 2 amide bonds. The van der Waals surface area contributed by atoms with Crippen LogP contribution in [0.25, 0.3) is 0 Å². The second-order valence-corrected chi connectivity index (χ2v) is 6.32. The number of benzene rings is 2. The number of amides is 2. The molecule has 1 fully saturated rings. The van der Waals surface area contributed by atoms with Crippen LogP contribution in [0.4, 0.5) is 5.69 Å². The summed E-state index contributed by atoms with van der Waals surface area (Å²) in [5, 5.41) is 2.95. The van der Waals surface area contributed by atoms with Crippen molar-refractivity contribution in [3.05, 3.63) is 65.7 Å². The second kappa shape index (κ2) is 7.94. The quantitative estimate of drug-likeness (QED) is 0.900. The monoisotopic (exact) mass is 337 g/mol. The summed E-state index contributed by atoms with van der Waals surface area (Å²) >= 11 is 0. The highest BCUT2D eigenvalue weighted by Crippen LogP contribution is 2.21. The molecule has 3 rings (SSSR count). The van der Waals surface area contributed by atoms with Gasteiger partial charge in [-0.05, 0) is 42.7 Å². The van der Waals surface area contributed by atoms with E-state index in [1.54, 1.807) is 0 Å². The van der Waals surface area contributed by atoms with Crippen LogP contribution in [0.2, 0.25) is 0 Å². The van der Waals surface area contributed by atoms with Gasteiger partial charge < -0.3 is 16.0 Å². The molecule has 2 aromatic carbocycles. The number of carbonyl (C=O) groups is 2. The van der Waals surface area contributed by atoms with Gasteiger partial charge in [0, 0.05) is 36.8 Å². The van der Waals surface area contributed by atoms with Crippen molar-refractivity contribution in [2.24, 2.45) is 11.7 Å². The Morgan fingerprint density at radius 2 is 1.64 bits per heavy atom. The molecule has 0 atom stereocenters. The minimum absolute atomic E-state index is 0.0190. The minimum Gasteiger partial charge on any atom is -0.339 e. The first-order chi connectivity index (χ1) is 12.2. The highest BCUT2D eigenvalue weighted by atomic mass is 16.2. The molecule has 1 aliphatic heterocycles. The van der Waals surface area contributed by atoms with Crippen molar-refractivity contribution >= 4 is 17.5 Å². The van der Waals surface area contributed by atoms with E-state index < -0.39 is 0 Å². The van der Waals surface area contributed by atoms with Crippen LogP contribution in [0.3, 0.4) is 0 Å². The number of para-hydroxylation sites is 1. The van der Waals surface area contributed by atoms with E-state index in [2.05, 4.69) is 5.32 Å². The zero-order chi connectivity index (χ0) is 17.6. The highest BCUT2D eigenvalue weighted by molar-refractivity contribution is 5.95. The van der Waals surface area contributed by atoms with Gasteiger partial charge in [0.1, 0.15) is 0 Å². The number of carbonyl (C=O) groups excluding carboxylic acids is 2. The van der Waals surface area contributed by atoms with Crippen molar-refractivity contribution in [1.82, 2.24) is 4.90 Å². The van der Waals surface area contributed by atoms with Gasteiger partial charge in [-0.2, -0.15) is 0 Å². The molecule has 0 bridgehead atoms. The normalized spacial score (nSPS) is 15.0. The van der Waals surface area contributed by atoms with Gasteiger partial charge in [0.2, 0.25) is 5.91 Å². The Balaban J connectivity index is 1.54. The van der Waals surface area contributed by atoms with Crippen molar-refractivity contribution in [3.8, 4) is 0 Å². The Hall–Kier alpha value is -2.66. The average Bonchev–Trinajstić information content (AvgIpc) is 2.68. The van der Waals surface area contributed by atoms with Crippen LogP contribution >= 0.6 is 0 Å². The van der Waals surface area contributed by atoms with Crippen LogP contribution in [0.1, 0.15) is 28.8 Å². The Morgan fingerprint density at radius 1 is 1.00 bits per heavy atom. The molecule has 1 heterocycles. The summed E-state index contributed by atoms with van der Waals surface area (Å²) in [4.78, 5) is 26.7. The van der Waals surface area contributed by atoms with Gasteiger partial charge >= 0.3 is 0 Å². The number of nitrogens with two attached hydrogens (primary N) is 1. The molecule has 0 saturated carbocycles. The third kappa shape index (κ3) is 4.25. The van der Waals surface area contributed by atoms with E-state index in [4.69, 9.17) is 5.73 Å². The van der Waals surface area contributed by atoms with Crippen LogP contribution in [0.5, 0.6) is 0 Å². The summed E-state index contributed by atoms with van der Waals surface area (Å²) in [6, 6.07) is 16.9. The van der Waals surface area contributed by atoms with E-state index >= 15 is 0 Å². The summed E-state index contributed by atoms with van der Waals surface area (Å²) in [6.07, 6.45) is 1.37. The maximum atomic E-state index is 12.6. The fourth-order valence-corrected chi connectivity index (χ4v) is 3.08. The smallest absolute Gasteiger partial charge is 0.253 e. The van der Waals surface area contributed by atoms with E-state index in [0.717, 1.165) is 11.3 Å². The number of hydrogen-bond donors (Lipinski definition) is 2. The lowest BCUT2D eigenvalue weighted by Gasteiger charge is -2.31. The topological polar surface area (TPSA) is 75.4 Å². The molecule has 5 heteroatoms. The van der Waals surface area contributed by atoms with Crippen LogP contribution in [0, 0.1) is 5.92 Å². The molecule has 1 aliphatic rings.